The van der Waals surface area contributed by atoms with E-state index in [-0.39, 0.29) is 11.7 Å². The van der Waals surface area contributed by atoms with Crippen molar-refractivity contribution in [2.45, 2.75) is 18.7 Å². The van der Waals surface area contributed by atoms with E-state index in [1.54, 1.807) is 24.3 Å². The van der Waals surface area contributed by atoms with Gasteiger partial charge in [0.05, 0.1) is 11.5 Å². The van der Waals surface area contributed by atoms with Gasteiger partial charge in [-0.2, -0.15) is 0 Å². The van der Waals surface area contributed by atoms with Crippen LogP contribution in [0.15, 0.2) is 41.3 Å². The molecule has 7 heteroatoms. The van der Waals surface area contributed by atoms with E-state index in [4.69, 9.17) is 14.2 Å². The number of benzene rings is 2. The van der Waals surface area contributed by atoms with Crippen LogP contribution in [0.1, 0.15) is 12.5 Å². The molecule has 0 unspecified atom stereocenters. The molecule has 1 aliphatic heterocycles. The lowest BCUT2D eigenvalue weighted by Gasteiger charge is -2.12. The molecule has 0 atom stereocenters. The molecular formula is C16H17NO5S. The Kier molecular flexibility index (Phi) is 4.04. The van der Waals surface area contributed by atoms with Crippen molar-refractivity contribution in [3.63, 3.8) is 0 Å². The first-order valence-corrected chi connectivity index (χ1v) is 8.64. The molecule has 0 saturated heterocycles. The van der Waals surface area contributed by atoms with Crippen molar-refractivity contribution in [3.05, 3.63) is 42.0 Å². The molecule has 1 aliphatic rings. The van der Waals surface area contributed by atoms with Crippen LogP contribution in [0.4, 0.5) is 5.69 Å². The van der Waals surface area contributed by atoms with Crippen molar-refractivity contribution in [1.29, 1.82) is 0 Å². The number of ether oxygens (including phenoxy) is 3. The van der Waals surface area contributed by atoms with Gasteiger partial charge in [-0.05, 0) is 49.7 Å². The fourth-order valence-electron chi connectivity index (χ4n) is 2.29. The molecule has 0 saturated carbocycles. The normalized spacial score (nSPS) is 13.0. The van der Waals surface area contributed by atoms with Gasteiger partial charge in [0.15, 0.2) is 11.5 Å². The molecule has 3 rings (SSSR count). The molecule has 0 aromatic heterocycles. The quantitative estimate of drug-likeness (QED) is 0.909. The molecule has 0 amide bonds. The maximum Gasteiger partial charge on any atom is 0.262 e. The van der Waals surface area contributed by atoms with Crippen LogP contribution in [0.3, 0.4) is 0 Å². The second-order valence-corrected chi connectivity index (χ2v) is 6.72. The number of hydrogen-bond acceptors (Lipinski definition) is 5. The van der Waals surface area contributed by atoms with Crippen LogP contribution in [0.5, 0.6) is 17.2 Å². The average Bonchev–Trinajstić information content (AvgIpc) is 2.97. The summed E-state index contributed by atoms with van der Waals surface area (Å²) in [4.78, 5) is 0.119. The van der Waals surface area contributed by atoms with Crippen LogP contribution in [-0.4, -0.2) is 21.8 Å². The van der Waals surface area contributed by atoms with E-state index in [0.29, 0.717) is 23.8 Å². The van der Waals surface area contributed by atoms with Crippen molar-refractivity contribution < 1.29 is 22.6 Å². The highest BCUT2D eigenvalue weighted by Gasteiger charge is 2.20. The minimum absolute atomic E-state index is 0.102. The third kappa shape index (κ3) is 3.19. The van der Waals surface area contributed by atoms with Crippen molar-refractivity contribution in [2.75, 3.05) is 18.1 Å². The standard InChI is InChI=1S/C16H17NO5S/c1-3-20-14-6-4-12(8-11(14)2)17-23(18,19)13-5-7-15-16(9-13)22-10-21-15/h4-9,17H,3,10H2,1-2H3. The van der Waals surface area contributed by atoms with Gasteiger partial charge in [0.1, 0.15) is 5.75 Å². The molecule has 1 heterocycles. The number of nitrogens with one attached hydrogen (secondary N) is 1. The predicted molar refractivity (Wildman–Crippen MR) is 85.7 cm³/mol. The topological polar surface area (TPSA) is 73.9 Å². The Hall–Kier alpha value is -2.41. The number of hydrogen-bond donors (Lipinski definition) is 1. The summed E-state index contributed by atoms with van der Waals surface area (Å²) in [6, 6.07) is 9.66. The molecule has 0 radical (unpaired) electrons. The SMILES string of the molecule is CCOc1ccc(NS(=O)(=O)c2ccc3c(c2)OCO3)cc1C. The van der Waals surface area contributed by atoms with E-state index in [1.165, 1.54) is 12.1 Å². The Morgan fingerprint density at radius 1 is 1.13 bits per heavy atom. The van der Waals surface area contributed by atoms with Crippen molar-refractivity contribution in [1.82, 2.24) is 0 Å². The summed E-state index contributed by atoms with van der Waals surface area (Å²) in [5, 5.41) is 0. The van der Waals surface area contributed by atoms with Crippen LogP contribution in [0.25, 0.3) is 0 Å². The lowest BCUT2D eigenvalue weighted by molar-refractivity contribution is 0.174. The second kappa shape index (κ2) is 6.00. The molecule has 0 spiro atoms. The molecule has 122 valence electrons. The van der Waals surface area contributed by atoms with E-state index in [0.717, 1.165) is 11.3 Å². The van der Waals surface area contributed by atoms with Crippen LogP contribution >= 0.6 is 0 Å². The highest BCUT2D eigenvalue weighted by Crippen LogP contribution is 2.34. The number of fused-ring (bicyclic) bond motifs is 1. The van der Waals surface area contributed by atoms with Gasteiger partial charge < -0.3 is 14.2 Å². The minimum atomic E-state index is -3.70. The first-order chi connectivity index (χ1) is 11.0. The van der Waals surface area contributed by atoms with Crippen molar-refractivity contribution in [2.24, 2.45) is 0 Å². The molecule has 0 bridgehead atoms. The minimum Gasteiger partial charge on any atom is -0.494 e. The Morgan fingerprint density at radius 2 is 1.91 bits per heavy atom. The monoisotopic (exact) mass is 335 g/mol. The number of aryl methyl sites for hydroxylation is 1. The maximum atomic E-state index is 12.5. The van der Waals surface area contributed by atoms with Crippen LogP contribution in [0, 0.1) is 6.92 Å². The Morgan fingerprint density at radius 3 is 2.65 bits per heavy atom. The van der Waals surface area contributed by atoms with Gasteiger partial charge in [-0.15, -0.1) is 0 Å². The molecular weight excluding hydrogens is 318 g/mol. The Balaban J connectivity index is 1.85. The van der Waals surface area contributed by atoms with Crippen LogP contribution < -0.4 is 18.9 Å². The third-order valence-electron chi connectivity index (χ3n) is 3.38. The van der Waals surface area contributed by atoms with Crippen molar-refractivity contribution in [3.8, 4) is 17.2 Å². The highest BCUT2D eigenvalue weighted by atomic mass is 32.2. The zero-order valence-corrected chi connectivity index (χ0v) is 13.6. The molecule has 2 aromatic rings. The zero-order valence-electron chi connectivity index (χ0n) is 12.8. The maximum absolute atomic E-state index is 12.5. The number of rotatable bonds is 5. The number of anilines is 1. The fraction of sp³-hybridized carbons (Fsp3) is 0.250. The molecule has 0 aliphatic carbocycles. The summed E-state index contributed by atoms with van der Waals surface area (Å²) in [5.74, 6) is 1.70. The fourth-order valence-corrected chi connectivity index (χ4v) is 3.35. The van der Waals surface area contributed by atoms with Gasteiger partial charge >= 0.3 is 0 Å². The first kappa shape index (κ1) is 15.5. The lowest BCUT2D eigenvalue weighted by Crippen LogP contribution is -2.13. The first-order valence-electron chi connectivity index (χ1n) is 7.15. The van der Waals surface area contributed by atoms with Gasteiger partial charge in [0, 0.05) is 11.8 Å². The zero-order chi connectivity index (χ0) is 16.4. The predicted octanol–water partition coefficient (Wildman–Crippen LogP) is 2.92. The van der Waals surface area contributed by atoms with E-state index in [2.05, 4.69) is 4.72 Å². The molecule has 6 nitrogen and oxygen atoms in total. The van der Waals surface area contributed by atoms with Gasteiger partial charge in [0.2, 0.25) is 6.79 Å². The molecule has 23 heavy (non-hydrogen) atoms. The summed E-state index contributed by atoms with van der Waals surface area (Å²) in [5.41, 5.74) is 1.33. The summed E-state index contributed by atoms with van der Waals surface area (Å²) in [6.45, 7) is 4.42. The lowest BCUT2D eigenvalue weighted by atomic mass is 10.2. The smallest absolute Gasteiger partial charge is 0.262 e. The van der Waals surface area contributed by atoms with E-state index < -0.39 is 10.0 Å². The van der Waals surface area contributed by atoms with E-state index >= 15 is 0 Å². The summed E-state index contributed by atoms with van der Waals surface area (Å²) in [7, 11) is -3.70. The molecule has 1 N–H and O–H groups in total. The Labute approximate surface area is 135 Å². The van der Waals surface area contributed by atoms with E-state index in [9.17, 15) is 8.42 Å². The number of sulfonamides is 1. The average molecular weight is 335 g/mol. The van der Waals surface area contributed by atoms with E-state index in [1.807, 2.05) is 13.8 Å². The van der Waals surface area contributed by atoms with Gasteiger partial charge in [0.25, 0.3) is 10.0 Å². The summed E-state index contributed by atoms with van der Waals surface area (Å²) < 4.78 is 43.4. The Bertz CT molecular complexity index is 832. The highest BCUT2D eigenvalue weighted by molar-refractivity contribution is 7.92. The third-order valence-corrected chi connectivity index (χ3v) is 4.76. The second-order valence-electron chi connectivity index (χ2n) is 5.03. The van der Waals surface area contributed by atoms with Crippen LogP contribution in [0.2, 0.25) is 0 Å². The van der Waals surface area contributed by atoms with Gasteiger partial charge in [-0.3, -0.25) is 4.72 Å². The summed E-state index contributed by atoms with van der Waals surface area (Å²) in [6.07, 6.45) is 0. The van der Waals surface area contributed by atoms with Crippen molar-refractivity contribution >= 4 is 15.7 Å². The van der Waals surface area contributed by atoms with Gasteiger partial charge in [-0.1, -0.05) is 0 Å². The summed E-state index contributed by atoms with van der Waals surface area (Å²) >= 11 is 0. The van der Waals surface area contributed by atoms with Gasteiger partial charge in [-0.25, -0.2) is 8.42 Å². The molecule has 2 aromatic carbocycles. The largest absolute Gasteiger partial charge is 0.494 e. The van der Waals surface area contributed by atoms with Crippen LogP contribution in [-0.2, 0) is 10.0 Å². The molecule has 0 fully saturated rings.